The lowest BCUT2D eigenvalue weighted by molar-refractivity contribution is 0.0686. The van der Waals surface area contributed by atoms with Crippen LogP contribution in [0, 0.1) is 5.92 Å². The zero-order chi connectivity index (χ0) is 17.8. The summed E-state index contributed by atoms with van der Waals surface area (Å²) >= 11 is 4.37. The Bertz CT molecular complexity index is 749. The van der Waals surface area contributed by atoms with Crippen LogP contribution in [0.1, 0.15) is 42.6 Å². The van der Waals surface area contributed by atoms with Crippen LogP contribution in [0.15, 0.2) is 28.1 Å². The lowest BCUT2D eigenvalue weighted by atomic mass is 9.90. The number of H-pyrrole nitrogens is 1. The van der Waals surface area contributed by atoms with E-state index >= 15 is 0 Å². The molecule has 2 N–H and O–H groups in total. The molecule has 1 unspecified atom stereocenters. The molecule has 0 amide bonds. The molecule has 1 aliphatic rings. The van der Waals surface area contributed by atoms with Gasteiger partial charge < -0.3 is 14.4 Å². The molecular formula is C16H18ClN3O4S. The number of aromatic amines is 1. The standard InChI is InChI=1S/C16H18ClN3O4S/c17-12-7-6-11(25(23)15-14(16(21)22)18-20-19-15)8-13(12)24-9-10-4-2-1-3-5-10/h6-8,10H,1-5,9H2,(H,21,22)(H,18,19,20). The molecule has 2 aromatic rings. The average Bonchev–Trinajstić information content (AvgIpc) is 3.11. The van der Waals surface area contributed by atoms with Crippen LogP contribution in [0.25, 0.3) is 0 Å². The summed E-state index contributed by atoms with van der Waals surface area (Å²) in [5.41, 5.74) is -0.294. The molecular weight excluding hydrogens is 366 g/mol. The Balaban J connectivity index is 1.76. The summed E-state index contributed by atoms with van der Waals surface area (Å²) < 4.78 is 18.5. The Hall–Kier alpha value is -1.77. The second kappa shape index (κ2) is 8.07. The number of ether oxygens (including phenoxy) is 1. The van der Waals surface area contributed by atoms with E-state index in [9.17, 15) is 9.35 Å². The predicted octanol–water partition coefficient (Wildman–Crippen LogP) is 3.28. The highest BCUT2D eigenvalue weighted by molar-refractivity contribution is 7.91. The van der Waals surface area contributed by atoms with Gasteiger partial charge in [0, 0.05) is 17.2 Å². The Labute approximate surface area is 152 Å². The fourth-order valence-electron chi connectivity index (χ4n) is 2.87. The van der Waals surface area contributed by atoms with Crippen LogP contribution in [0.4, 0.5) is 0 Å². The minimum absolute atomic E-state index is 0.131. The predicted molar refractivity (Wildman–Crippen MR) is 91.5 cm³/mol. The second-order valence-electron chi connectivity index (χ2n) is 5.97. The Morgan fingerprint density at radius 3 is 2.88 bits per heavy atom. The third-order valence-electron chi connectivity index (χ3n) is 4.22. The molecule has 25 heavy (non-hydrogen) atoms. The monoisotopic (exact) mass is 383 g/mol. The summed E-state index contributed by atoms with van der Waals surface area (Å²) in [6.45, 7) is 0.570. The maximum atomic E-state index is 12.6. The van der Waals surface area contributed by atoms with Gasteiger partial charge in [-0.2, -0.15) is 0 Å². The first-order chi connectivity index (χ1) is 12.1. The third-order valence-corrected chi connectivity index (χ3v) is 5.85. The van der Waals surface area contributed by atoms with E-state index in [1.807, 2.05) is 0 Å². The number of halogens is 1. The molecule has 1 atom stereocenters. The topological polar surface area (TPSA) is 111 Å². The third kappa shape index (κ3) is 4.26. The SMILES string of the molecule is O=C(O)c1[nH]nnc1[S+]([O-])c1ccc(Cl)c(OCC2CCCCC2)c1. The summed E-state index contributed by atoms with van der Waals surface area (Å²) in [6, 6.07) is 4.72. The van der Waals surface area contributed by atoms with Crippen LogP contribution < -0.4 is 4.74 Å². The molecule has 3 rings (SSSR count). The van der Waals surface area contributed by atoms with Gasteiger partial charge in [-0.25, -0.2) is 9.89 Å². The van der Waals surface area contributed by atoms with Gasteiger partial charge in [-0.05, 0) is 30.9 Å². The average molecular weight is 384 g/mol. The lowest BCUT2D eigenvalue weighted by Crippen LogP contribution is -2.15. The van der Waals surface area contributed by atoms with Gasteiger partial charge in [-0.3, -0.25) is 0 Å². The summed E-state index contributed by atoms with van der Waals surface area (Å²) in [5, 5.41) is 18.7. The normalized spacial score (nSPS) is 16.6. The number of aromatic carboxylic acids is 1. The molecule has 134 valence electrons. The number of benzene rings is 1. The van der Waals surface area contributed by atoms with Crippen molar-refractivity contribution in [3.05, 3.63) is 28.9 Å². The van der Waals surface area contributed by atoms with E-state index in [-0.39, 0.29) is 10.7 Å². The number of carbonyl (C=O) groups is 1. The molecule has 1 aromatic carbocycles. The minimum Gasteiger partial charge on any atom is -0.605 e. The first-order valence-electron chi connectivity index (χ1n) is 8.04. The molecule has 7 nitrogen and oxygen atoms in total. The Morgan fingerprint density at radius 2 is 2.16 bits per heavy atom. The highest BCUT2D eigenvalue weighted by Crippen LogP contribution is 2.32. The van der Waals surface area contributed by atoms with Gasteiger partial charge in [-0.1, -0.05) is 41.2 Å². The van der Waals surface area contributed by atoms with Crippen LogP contribution in [-0.4, -0.2) is 37.6 Å². The van der Waals surface area contributed by atoms with Crippen molar-refractivity contribution in [3.8, 4) is 5.75 Å². The van der Waals surface area contributed by atoms with Crippen LogP contribution in [0.3, 0.4) is 0 Å². The summed E-state index contributed by atoms with van der Waals surface area (Å²) in [5.74, 6) is -0.317. The largest absolute Gasteiger partial charge is 0.605 e. The maximum Gasteiger partial charge on any atom is 0.361 e. The Kier molecular flexibility index (Phi) is 5.82. The first-order valence-corrected chi connectivity index (χ1v) is 9.57. The van der Waals surface area contributed by atoms with Crippen molar-refractivity contribution in [2.24, 2.45) is 5.92 Å². The van der Waals surface area contributed by atoms with Gasteiger partial charge in [0.15, 0.2) is 4.90 Å². The molecule has 1 fully saturated rings. The van der Waals surface area contributed by atoms with Crippen LogP contribution in [-0.2, 0) is 11.2 Å². The number of hydrogen-bond acceptors (Lipinski definition) is 5. The van der Waals surface area contributed by atoms with Crippen molar-refractivity contribution >= 4 is 28.7 Å². The first kappa shape index (κ1) is 18.0. The van der Waals surface area contributed by atoms with E-state index in [2.05, 4.69) is 15.4 Å². The van der Waals surface area contributed by atoms with Gasteiger partial charge in [-0.15, -0.1) is 0 Å². The number of hydrogen-bond donors (Lipinski definition) is 2. The fraction of sp³-hybridized carbons (Fsp3) is 0.438. The van der Waals surface area contributed by atoms with Crippen molar-refractivity contribution in [1.29, 1.82) is 0 Å². The number of carboxylic acid groups (broad SMARTS) is 1. The van der Waals surface area contributed by atoms with E-state index in [0.29, 0.717) is 28.2 Å². The molecule has 1 saturated carbocycles. The van der Waals surface area contributed by atoms with Crippen molar-refractivity contribution < 1.29 is 19.2 Å². The molecule has 1 heterocycles. The molecule has 1 aliphatic carbocycles. The Morgan fingerprint density at radius 1 is 1.40 bits per heavy atom. The zero-order valence-electron chi connectivity index (χ0n) is 13.4. The number of rotatable bonds is 6. The number of nitrogens with one attached hydrogen (secondary N) is 1. The number of carboxylic acids is 1. The van der Waals surface area contributed by atoms with Crippen molar-refractivity contribution in [1.82, 2.24) is 15.4 Å². The molecule has 1 aromatic heterocycles. The molecule has 0 spiro atoms. The number of nitrogens with zero attached hydrogens (tertiary/aromatic N) is 2. The fourth-order valence-corrected chi connectivity index (χ4v) is 4.10. The van der Waals surface area contributed by atoms with Gasteiger partial charge in [0.1, 0.15) is 5.75 Å². The molecule has 9 heteroatoms. The lowest BCUT2D eigenvalue weighted by Gasteiger charge is -2.22. The van der Waals surface area contributed by atoms with Crippen molar-refractivity contribution in [3.63, 3.8) is 0 Å². The maximum absolute atomic E-state index is 12.6. The van der Waals surface area contributed by atoms with E-state index in [0.717, 1.165) is 12.8 Å². The number of aromatic nitrogens is 3. The summed E-state index contributed by atoms with van der Waals surface area (Å²) in [4.78, 5) is 11.5. The van der Waals surface area contributed by atoms with Gasteiger partial charge in [0.05, 0.1) is 11.6 Å². The molecule has 0 aliphatic heterocycles. The van der Waals surface area contributed by atoms with E-state index < -0.39 is 17.1 Å². The summed E-state index contributed by atoms with van der Waals surface area (Å²) in [6.07, 6.45) is 6.00. The van der Waals surface area contributed by atoms with Crippen molar-refractivity contribution in [2.45, 2.75) is 42.0 Å². The van der Waals surface area contributed by atoms with E-state index in [4.69, 9.17) is 21.4 Å². The van der Waals surface area contributed by atoms with Crippen molar-refractivity contribution in [2.75, 3.05) is 6.61 Å². The zero-order valence-corrected chi connectivity index (χ0v) is 15.0. The quantitative estimate of drug-likeness (QED) is 0.740. The van der Waals surface area contributed by atoms with Crippen LogP contribution in [0.5, 0.6) is 5.75 Å². The van der Waals surface area contributed by atoms with Gasteiger partial charge in [0.25, 0.3) is 0 Å². The second-order valence-corrected chi connectivity index (χ2v) is 7.78. The molecule has 0 bridgehead atoms. The highest BCUT2D eigenvalue weighted by Gasteiger charge is 2.28. The van der Waals surface area contributed by atoms with Gasteiger partial charge >= 0.3 is 11.0 Å². The highest BCUT2D eigenvalue weighted by atomic mass is 35.5. The van der Waals surface area contributed by atoms with E-state index in [1.165, 1.54) is 19.3 Å². The minimum atomic E-state index is -1.80. The molecule has 0 radical (unpaired) electrons. The van der Waals surface area contributed by atoms with Crippen LogP contribution >= 0.6 is 11.6 Å². The van der Waals surface area contributed by atoms with Gasteiger partial charge in [0.2, 0.25) is 5.69 Å². The molecule has 0 saturated heterocycles. The van der Waals surface area contributed by atoms with E-state index in [1.54, 1.807) is 18.2 Å². The smallest absolute Gasteiger partial charge is 0.361 e. The summed E-state index contributed by atoms with van der Waals surface area (Å²) in [7, 11) is 0. The van der Waals surface area contributed by atoms with Crippen LogP contribution in [0.2, 0.25) is 5.02 Å².